The summed E-state index contributed by atoms with van der Waals surface area (Å²) in [5.74, 6) is 0.243. The van der Waals surface area contributed by atoms with Crippen LogP contribution in [0.3, 0.4) is 0 Å². The maximum atomic E-state index is 13.0. The minimum atomic E-state index is -0.524. The number of alkyl halides is 1. The van der Waals surface area contributed by atoms with Gasteiger partial charge < -0.3 is 15.5 Å². The lowest BCUT2D eigenvalue weighted by atomic mass is 9.75. The van der Waals surface area contributed by atoms with Gasteiger partial charge in [-0.3, -0.25) is 19.7 Å². The highest BCUT2D eigenvalue weighted by Gasteiger charge is 2.48. The molecule has 2 saturated heterocycles. The fourth-order valence-corrected chi connectivity index (χ4v) is 6.04. The third-order valence-electron chi connectivity index (χ3n) is 7.67. The molecule has 0 spiro atoms. The van der Waals surface area contributed by atoms with Crippen LogP contribution in [0.4, 0.5) is 4.79 Å². The lowest BCUT2D eigenvalue weighted by Crippen LogP contribution is -2.53. The SMILES string of the molecule is CC1CC(NC(=O)NCC2CCC3CN(C4CCC(=O)NC4=O)C(=O)C3C2)CCC1Cl. The van der Waals surface area contributed by atoms with Crippen LogP contribution in [0.15, 0.2) is 0 Å². The fraction of sp³-hybridized carbons (Fsp3) is 0.818. The van der Waals surface area contributed by atoms with E-state index >= 15 is 0 Å². The Morgan fingerprint density at radius 3 is 2.68 bits per heavy atom. The van der Waals surface area contributed by atoms with Crippen molar-refractivity contribution < 1.29 is 19.2 Å². The molecule has 0 aromatic rings. The predicted octanol–water partition coefficient (Wildman–Crippen LogP) is 1.76. The van der Waals surface area contributed by atoms with Crippen LogP contribution in [-0.4, -0.2) is 59.2 Å². The molecule has 2 aliphatic heterocycles. The highest BCUT2D eigenvalue weighted by Crippen LogP contribution is 2.41. The summed E-state index contributed by atoms with van der Waals surface area (Å²) in [6.07, 6.45) is 6.04. The van der Waals surface area contributed by atoms with Gasteiger partial charge in [0, 0.05) is 36.8 Å². The first-order valence-corrected chi connectivity index (χ1v) is 12.1. The maximum Gasteiger partial charge on any atom is 0.315 e. The van der Waals surface area contributed by atoms with E-state index < -0.39 is 6.04 Å². The van der Waals surface area contributed by atoms with Crippen LogP contribution in [-0.2, 0) is 14.4 Å². The number of piperidine rings is 1. The Hall–Kier alpha value is -1.83. The third-order valence-corrected chi connectivity index (χ3v) is 8.32. The van der Waals surface area contributed by atoms with Gasteiger partial charge in [0.15, 0.2) is 0 Å². The molecule has 5 amide bonds. The van der Waals surface area contributed by atoms with Gasteiger partial charge in [-0.2, -0.15) is 0 Å². The first-order chi connectivity index (χ1) is 14.8. The normalized spacial score (nSPS) is 38.5. The molecule has 3 N–H and O–H groups in total. The van der Waals surface area contributed by atoms with E-state index in [9.17, 15) is 19.2 Å². The number of likely N-dealkylation sites (tertiary alicyclic amines) is 1. The van der Waals surface area contributed by atoms with Crippen molar-refractivity contribution >= 4 is 35.4 Å². The summed E-state index contributed by atoms with van der Waals surface area (Å²) in [4.78, 5) is 50.7. The number of nitrogens with zero attached hydrogens (tertiary/aromatic N) is 1. The van der Waals surface area contributed by atoms with E-state index in [4.69, 9.17) is 11.6 Å². The largest absolute Gasteiger partial charge is 0.338 e. The van der Waals surface area contributed by atoms with E-state index in [-0.39, 0.29) is 59.3 Å². The van der Waals surface area contributed by atoms with Gasteiger partial charge >= 0.3 is 6.03 Å². The smallest absolute Gasteiger partial charge is 0.315 e. The van der Waals surface area contributed by atoms with Gasteiger partial charge in [0.05, 0.1) is 0 Å². The number of nitrogens with one attached hydrogen (secondary N) is 3. The van der Waals surface area contributed by atoms with E-state index in [0.29, 0.717) is 25.4 Å². The van der Waals surface area contributed by atoms with Gasteiger partial charge in [0.1, 0.15) is 6.04 Å². The molecule has 31 heavy (non-hydrogen) atoms. The number of urea groups is 1. The number of hydrogen-bond acceptors (Lipinski definition) is 4. The van der Waals surface area contributed by atoms with Crippen molar-refractivity contribution in [3.63, 3.8) is 0 Å². The number of halogens is 1. The van der Waals surface area contributed by atoms with Gasteiger partial charge in [-0.1, -0.05) is 6.92 Å². The third kappa shape index (κ3) is 4.99. The Morgan fingerprint density at radius 1 is 1.13 bits per heavy atom. The second kappa shape index (κ2) is 9.35. The molecule has 4 fully saturated rings. The standard InChI is InChI=1S/C22H33ClN4O4/c1-12-8-15(4-5-17(12)23)25-22(31)24-10-13-2-3-14-11-27(21(30)16(14)9-13)18-6-7-19(28)26-20(18)29/h12-18H,2-11H2,1H3,(H2,24,25,31)(H,26,28,29). The summed E-state index contributed by atoms with van der Waals surface area (Å²) >= 11 is 6.27. The quantitative estimate of drug-likeness (QED) is 0.446. The zero-order valence-corrected chi connectivity index (χ0v) is 18.8. The summed E-state index contributed by atoms with van der Waals surface area (Å²) < 4.78 is 0. The van der Waals surface area contributed by atoms with Crippen molar-refractivity contribution in [1.82, 2.24) is 20.9 Å². The van der Waals surface area contributed by atoms with Crippen molar-refractivity contribution in [3.05, 3.63) is 0 Å². The maximum absolute atomic E-state index is 13.0. The van der Waals surface area contributed by atoms with E-state index in [1.165, 1.54) is 0 Å². The van der Waals surface area contributed by atoms with E-state index in [1.807, 2.05) is 0 Å². The first kappa shape index (κ1) is 22.4. The summed E-state index contributed by atoms with van der Waals surface area (Å²) in [7, 11) is 0. The van der Waals surface area contributed by atoms with Gasteiger partial charge in [0.25, 0.3) is 0 Å². The van der Waals surface area contributed by atoms with Crippen LogP contribution in [0.5, 0.6) is 0 Å². The monoisotopic (exact) mass is 452 g/mol. The van der Waals surface area contributed by atoms with E-state index in [1.54, 1.807) is 4.90 Å². The molecule has 4 rings (SSSR count). The predicted molar refractivity (Wildman–Crippen MR) is 115 cm³/mol. The number of imide groups is 1. The van der Waals surface area contributed by atoms with Crippen LogP contribution in [0.1, 0.15) is 58.3 Å². The Kier molecular flexibility index (Phi) is 6.74. The number of rotatable bonds is 4. The van der Waals surface area contributed by atoms with Crippen LogP contribution in [0, 0.1) is 23.7 Å². The highest BCUT2D eigenvalue weighted by atomic mass is 35.5. The second-order valence-electron chi connectivity index (χ2n) is 9.86. The van der Waals surface area contributed by atoms with E-state index in [0.717, 1.165) is 38.5 Å². The molecule has 172 valence electrons. The van der Waals surface area contributed by atoms with Crippen molar-refractivity contribution in [3.8, 4) is 0 Å². The lowest BCUT2D eigenvalue weighted by Gasteiger charge is -2.32. The highest BCUT2D eigenvalue weighted by molar-refractivity contribution is 6.20. The van der Waals surface area contributed by atoms with Crippen molar-refractivity contribution in [2.45, 2.75) is 75.8 Å². The molecule has 2 aliphatic carbocycles. The molecule has 8 nitrogen and oxygen atoms in total. The number of amides is 5. The lowest BCUT2D eigenvalue weighted by molar-refractivity contribution is -0.144. The average Bonchev–Trinajstić information content (AvgIpc) is 3.05. The van der Waals surface area contributed by atoms with Gasteiger partial charge in [0.2, 0.25) is 17.7 Å². The van der Waals surface area contributed by atoms with Crippen LogP contribution >= 0.6 is 11.6 Å². The Balaban J connectivity index is 1.24. The van der Waals surface area contributed by atoms with Crippen LogP contribution < -0.4 is 16.0 Å². The van der Waals surface area contributed by atoms with Crippen molar-refractivity contribution in [1.29, 1.82) is 0 Å². The molecular weight excluding hydrogens is 420 g/mol. The zero-order chi connectivity index (χ0) is 22.1. The minimum Gasteiger partial charge on any atom is -0.338 e. The Morgan fingerprint density at radius 2 is 1.94 bits per heavy atom. The molecule has 2 saturated carbocycles. The molecule has 0 aromatic heterocycles. The molecule has 2 heterocycles. The average molecular weight is 453 g/mol. The minimum absolute atomic E-state index is 0.0282. The number of carbonyl (C=O) groups excluding carboxylic acids is 4. The summed E-state index contributed by atoms with van der Waals surface area (Å²) in [5.41, 5.74) is 0. The molecular formula is C22H33ClN4O4. The number of hydrogen-bond donors (Lipinski definition) is 3. The van der Waals surface area contributed by atoms with Crippen LogP contribution in [0.2, 0.25) is 0 Å². The molecule has 7 atom stereocenters. The van der Waals surface area contributed by atoms with E-state index in [2.05, 4.69) is 22.9 Å². The summed E-state index contributed by atoms with van der Waals surface area (Å²) in [6, 6.07) is -0.502. The molecule has 7 unspecified atom stereocenters. The Labute approximate surface area is 188 Å². The first-order valence-electron chi connectivity index (χ1n) is 11.6. The van der Waals surface area contributed by atoms with Crippen molar-refractivity contribution in [2.75, 3.05) is 13.1 Å². The summed E-state index contributed by atoms with van der Waals surface area (Å²) in [6.45, 7) is 3.28. The van der Waals surface area contributed by atoms with Crippen LogP contribution in [0.25, 0.3) is 0 Å². The molecule has 0 bridgehead atoms. The molecule has 9 heteroatoms. The molecule has 4 aliphatic rings. The number of carbonyl (C=O) groups is 4. The second-order valence-corrected chi connectivity index (χ2v) is 10.4. The zero-order valence-electron chi connectivity index (χ0n) is 18.1. The number of fused-ring (bicyclic) bond motifs is 1. The topological polar surface area (TPSA) is 108 Å². The van der Waals surface area contributed by atoms with Gasteiger partial charge in [-0.05, 0) is 62.7 Å². The van der Waals surface area contributed by atoms with Gasteiger partial charge in [-0.25, -0.2) is 4.79 Å². The van der Waals surface area contributed by atoms with Gasteiger partial charge in [-0.15, -0.1) is 11.6 Å². The summed E-state index contributed by atoms with van der Waals surface area (Å²) in [5, 5.41) is 8.61. The molecule has 0 aromatic carbocycles. The Bertz CT molecular complexity index is 747. The fourth-order valence-electron chi connectivity index (χ4n) is 5.81. The van der Waals surface area contributed by atoms with Crippen molar-refractivity contribution in [2.24, 2.45) is 23.7 Å². The molecule has 0 radical (unpaired) electrons.